The Morgan fingerprint density at radius 1 is 1.10 bits per heavy atom. The van der Waals surface area contributed by atoms with Crippen LogP contribution < -0.4 is 16.6 Å². The predicted molar refractivity (Wildman–Crippen MR) is 83.4 cm³/mol. The fraction of sp³-hybridized carbons (Fsp3) is 0.0714. The summed E-state index contributed by atoms with van der Waals surface area (Å²) in [5, 5.41) is 3.66. The molecule has 0 aromatic heterocycles. The van der Waals surface area contributed by atoms with Gasteiger partial charge in [0, 0.05) is 5.02 Å². The third-order valence-corrected chi connectivity index (χ3v) is 3.32. The van der Waals surface area contributed by atoms with Gasteiger partial charge in [0.1, 0.15) is 0 Å². The Kier molecular flexibility index (Phi) is 4.49. The molecular weight excluding hydrogens is 297 g/mol. The number of hydrogen-bond acceptors (Lipinski definition) is 3. The number of aryl methyl sites for hydroxylation is 1. The molecule has 0 radical (unpaired) electrons. The molecule has 0 heterocycles. The van der Waals surface area contributed by atoms with Gasteiger partial charge in [0.2, 0.25) is 0 Å². The maximum atomic E-state index is 12.3. The van der Waals surface area contributed by atoms with E-state index in [9.17, 15) is 4.79 Å². The third-order valence-electron chi connectivity index (χ3n) is 2.75. The fourth-order valence-electron chi connectivity index (χ4n) is 1.75. The number of nitrogen functional groups attached to an aromatic ring is 1. The van der Waals surface area contributed by atoms with E-state index in [0.717, 1.165) is 5.56 Å². The Morgan fingerprint density at radius 2 is 1.85 bits per heavy atom. The van der Waals surface area contributed by atoms with Gasteiger partial charge < -0.3 is 10.7 Å². The SMILES string of the molecule is Cc1ccc(Cl)c(NC(=O)c2cc(Cl)ccc2NN)c1. The summed E-state index contributed by atoms with van der Waals surface area (Å²) in [6, 6.07) is 10.2. The van der Waals surface area contributed by atoms with Crippen molar-refractivity contribution in [3.05, 3.63) is 57.6 Å². The van der Waals surface area contributed by atoms with Gasteiger partial charge in [-0.2, -0.15) is 0 Å². The Balaban J connectivity index is 2.32. The molecule has 4 nitrogen and oxygen atoms in total. The van der Waals surface area contributed by atoms with E-state index in [4.69, 9.17) is 29.0 Å². The van der Waals surface area contributed by atoms with Crippen LogP contribution in [0.25, 0.3) is 0 Å². The van der Waals surface area contributed by atoms with Gasteiger partial charge in [-0.1, -0.05) is 29.3 Å². The van der Waals surface area contributed by atoms with Crippen molar-refractivity contribution in [1.82, 2.24) is 0 Å². The molecule has 2 rings (SSSR count). The van der Waals surface area contributed by atoms with Gasteiger partial charge in [-0.3, -0.25) is 10.6 Å². The number of hydrazine groups is 1. The quantitative estimate of drug-likeness (QED) is 0.596. The number of carbonyl (C=O) groups is 1. The summed E-state index contributed by atoms with van der Waals surface area (Å²) in [6.07, 6.45) is 0. The summed E-state index contributed by atoms with van der Waals surface area (Å²) in [5.74, 6) is 5.05. The Labute approximate surface area is 126 Å². The van der Waals surface area contributed by atoms with E-state index in [1.807, 2.05) is 13.0 Å². The zero-order chi connectivity index (χ0) is 14.7. The van der Waals surface area contributed by atoms with Gasteiger partial charge in [0.15, 0.2) is 0 Å². The summed E-state index contributed by atoms with van der Waals surface area (Å²) in [5.41, 5.74) is 4.82. The normalized spacial score (nSPS) is 10.2. The van der Waals surface area contributed by atoms with Crippen molar-refractivity contribution in [3.63, 3.8) is 0 Å². The number of benzene rings is 2. The molecule has 104 valence electrons. The maximum Gasteiger partial charge on any atom is 0.257 e. The average molecular weight is 310 g/mol. The first kappa shape index (κ1) is 14.7. The molecule has 1 amide bonds. The van der Waals surface area contributed by atoms with Crippen LogP contribution in [0.5, 0.6) is 0 Å². The van der Waals surface area contributed by atoms with Crippen LogP contribution >= 0.6 is 23.2 Å². The molecule has 0 saturated heterocycles. The van der Waals surface area contributed by atoms with E-state index in [0.29, 0.717) is 27.0 Å². The number of amides is 1. The summed E-state index contributed by atoms with van der Waals surface area (Å²) in [6.45, 7) is 1.91. The second-order valence-corrected chi connectivity index (χ2v) is 5.12. The molecule has 0 bridgehead atoms. The first-order valence-corrected chi connectivity index (χ1v) is 6.60. The molecule has 0 atom stereocenters. The molecular formula is C14H13Cl2N3O. The minimum absolute atomic E-state index is 0.340. The van der Waals surface area contributed by atoms with E-state index < -0.39 is 0 Å². The summed E-state index contributed by atoms with van der Waals surface area (Å²) in [4.78, 5) is 12.3. The molecule has 0 spiro atoms. The first-order chi connectivity index (χ1) is 9.51. The Hall–Kier alpha value is -1.75. The van der Waals surface area contributed by atoms with Crippen LogP contribution in [0.2, 0.25) is 10.0 Å². The number of anilines is 2. The number of carbonyl (C=O) groups excluding carboxylic acids is 1. The minimum atomic E-state index is -0.340. The van der Waals surface area contributed by atoms with Gasteiger partial charge in [-0.05, 0) is 42.8 Å². The second-order valence-electron chi connectivity index (χ2n) is 4.27. The minimum Gasteiger partial charge on any atom is -0.323 e. The molecule has 4 N–H and O–H groups in total. The molecule has 0 aliphatic rings. The van der Waals surface area contributed by atoms with E-state index in [-0.39, 0.29) is 5.91 Å². The monoisotopic (exact) mass is 309 g/mol. The highest BCUT2D eigenvalue weighted by molar-refractivity contribution is 6.34. The van der Waals surface area contributed by atoms with Gasteiger partial charge in [-0.25, -0.2) is 0 Å². The van der Waals surface area contributed by atoms with Gasteiger partial charge in [-0.15, -0.1) is 0 Å². The van der Waals surface area contributed by atoms with Crippen molar-refractivity contribution in [1.29, 1.82) is 0 Å². The molecule has 2 aromatic carbocycles. The first-order valence-electron chi connectivity index (χ1n) is 5.85. The van der Waals surface area contributed by atoms with Crippen LogP contribution in [0.1, 0.15) is 15.9 Å². The fourth-order valence-corrected chi connectivity index (χ4v) is 2.09. The standard InChI is InChI=1S/C14H13Cl2N3O/c1-8-2-4-11(16)13(6-8)18-14(20)10-7-9(15)3-5-12(10)19-17/h2-7,19H,17H2,1H3,(H,18,20). The smallest absolute Gasteiger partial charge is 0.257 e. The third kappa shape index (κ3) is 3.22. The van der Waals surface area contributed by atoms with Crippen molar-refractivity contribution in [3.8, 4) is 0 Å². The lowest BCUT2D eigenvalue weighted by Gasteiger charge is -2.11. The van der Waals surface area contributed by atoms with Crippen LogP contribution in [-0.4, -0.2) is 5.91 Å². The van der Waals surface area contributed by atoms with E-state index in [2.05, 4.69) is 10.7 Å². The van der Waals surface area contributed by atoms with Crippen molar-refractivity contribution < 1.29 is 4.79 Å². The molecule has 2 aromatic rings. The Bertz CT molecular complexity index is 659. The number of hydrogen-bond donors (Lipinski definition) is 3. The lowest BCUT2D eigenvalue weighted by Crippen LogP contribution is -2.17. The maximum absolute atomic E-state index is 12.3. The van der Waals surface area contributed by atoms with E-state index in [1.54, 1.807) is 24.3 Å². The van der Waals surface area contributed by atoms with Crippen molar-refractivity contribution >= 4 is 40.5 Å². The molecule has 0 fully saturated rings. The Morgan fingerprint density at radius 3 is 2.55 bits per heavy atom. The van der Waals surface area contributed by atoms with Crippen LogP contribution in [0, 0.1) is 6.92 Å². The lowest BCUT2D eigenvalue weighted by molar-refractivity contribution is 0.102. The highest BCUT2D eigenvalue weighted by Crippen LogP contribution is 2.25. The number of nitrogens with two attached hydrogens (primary N) is 1. The highest BCUT2D eigenvalue weighted by Gasteiger charge is 2.13. The molecule has 0 aliphatic carbocycles. The molecule has 0 unspecified atom stereocenters. The zero-order valence-electron chi connectivity index (χ0n) is 10.7. The molecule has 6 heteroatoms. The van der Waals surface area contributed by atoms with Gasteiger partial charge in [0.25, 0.3) is 5.91 Å². The largest absolute Gasteiger partial charge is 0.323 e. The molecule has 0 aliphatic heterocycles. The zero-order valence-corrected chi connectivity index (χ0v) is 12.2. The van der Waals surface area contributed by atoms with Crippen LogP contribution in [0.15, 0.2) is 36.4 Å². The van der Waals surface area contributed by atoms with Gasteiger partial charge >= 0.3 is 0 Å². The number of halogens is 2. The summed E-state index contributed by atoms with van der Waals surface area (Å²) >= 11 is 12.0. The van der Waals surface area contributed by atoms with Crippen molar-refractivity contribution in [2.45, 2.75) is 6.92 Å². The predicted octanol–water partition coefficient (Wildman–Crippen LogP) is 3.84. The van der Waals surface area contributed by atoms with Crippen LogP contribution in [0.3, 0.4) is 0 Å². The van der Waals surface area contributed by atoms with E-state index >= 15 is 0 Å². The van der Waals surface area contributed by atoms with Crippen molar-refractivity contribution in [2.24, 2.45) is 5.84 Å². The average Bonchev–Trinajstić information content (AvgIpc) is 2.42. The van der Waals surface area contributed by atoms with Gasteiger partial charge in [0.05, 0.1) is 22.0 Å². The molecule has 0 saturated carbocycles. The number of rotatable bonds is 3. The summed E-state index contributed by atoms with van der Waals surface area (Å²) in [7, 11) is 0. The van der Waals surface area contributed by atoms with E-state index in [1.165, 1.54) is 6.07 Å². The molecule has 20 heavy (non-hydrogen) atoms. The van der Waals surface area contributed by atoms with Crippen LogP contribution in [0.4, 0.5) is 11.4 Å². The second kappa shape index (κ2) is 6.13. The van der Waals surface area contributed by atoms with Crippen LogP contribution in [-0.2, 0) is 0 Å². The number of nitrogens with one attached hydrogen (secondary N) is 2. The lowest BCUT2D eigenvalue weighted by atomic mass is 10.1. The summed E-state index contributed by atoms with van der Waals surface area (Å²) < 4.78 is 0. The van der Waals surface area contributed by atoms with Crippen molar-refractivity contribution in [2.75, 3.05) is 10.7 Å². The highest BCUT2D eigenvalue weighted by atomic mass is 35.5. The topological polar surface area (TPSA) is 67.2 Å².